The van der Waals surface area contributed by atoms with Crippen LogP contribution in [0.4, 0.5) is 0 Å². The number of imidazole rings is 1. The molecule has 1 aliphatic carbocycles. The molecule has 0 radical (unpaired) electrons. The van der Waals surface area contributed by atoms with Crippen molar-refractivity contribution in [2.75, 3.05) is 13.6 Å². The van der Waals surface area contributed by atoms with Gasteiger partial charge in [0.2, 0.25) is 5.91 Å². The highest BCUT2D eigenvalue weighted by molar-refractivity contribution is 6.01. The van der Waals surface area contributed by atoms with Gasteiger partial charge in [0.25, 0.3) is 0 Å². The third kappa shape index (κ3) is 2.21. The first-order valence-electron chi connectivity index (χ1n) is 8.92. The quantitative estimate of drug-likeness (QED) is 0.587. The molecule has 0 bridgehead atoms. The van der Waals surface area contributed by atoms with Crippen LogP contribution in [0.5, 0.6) is 0 Å². The summed E-state index contributed by atoms with van der Waals surface area (Å²) in [4.78, 5) is 22.6. The maximum absolute atomic E-state index is 11.9. The molecule has 0 unspecified atom stereocenters. The van der Waals surface area contributed by atoms with E-state index in [1.165, 1.54) is 16.8 Å². The molecule has 0 atom stereocenters. The first-order chi connectivity index (χ1) is 12.6. The minimum absolute atomic E-state index is 0.374. The van der Waals surface area contributed by atoms with Gasteiger partial charge in [-0.25, -0.2) is 4.98 Å². The maximum atomic E-state index is 11.9. The minimum Gasteiger partial charge on any atom is -0.366 e. The van der Waals surface area contributed by atoms with Gasteiger partial charge >= 0.3 is 0 Å². The van der Waals surface area contributed by atoms with Gasteiger partial charge in [-0.15, -0.1) is 0 Å². The second kappa shape index (κ2) is 5.54. The summed E-state index contributed by atoms with van der Waals surface area (Å²) in [5.74, 6) is 0.509. The fourth-order valence-corrected chi connectivity index (χ4v) is 4.23. The molecule has 1 amide bonds. The molecule has 130 valence electrons. The van der Waals surface area contributed by atoms with Gasteiger partial charge in [0.15, 0.2) is 0 Å². The zero-order valence-corrected chi connectivity index (χ0v) is 14.7. The lowest BCUT2D eigenvalue weighted by Gasteiger charge is -2.20. The third-order valence-corrected chi connectivity index (χ3v) is 5.51. The third-order valence-electron chi connectivity index (χ3n) is 5.51. The number of nitrogens with zero attached hydrogens (tertiary/aromatic N) is 2. The van der Waals surface area contributed by atoms with Crippen molar-refractivity contribution >= 4 is 5.91 Å². The van der Waals surface area contributed by atoms with E-state index in [-0.39, 0.29) is 5.91 Å². The minimum atomic E-state index is -0.374. The normalized spacial score (nSPS) is 15.4. The van der Waals surface area contributed by atoms with Crippen LogP contribution in [-0.4, -0.2) is 34.4 Å². The highest BCUT2D eigenvalue weighted by Crippen LogP contribution is 2.44. The molecule has 1 aliphatic heterocycles. The van der Waals surface area contributed by atoms with Gasteiger partial charge < -0.3 is 15.6 Å². The number of rotatable bonds is 2. The molecule has 2 aliphatic rings. The topological polar surface area (TPSA) is 75.0 Å². The Bertz CT molecular complexity index is 1050. The SMILES string of the molecule is CN1CCc2nc(-c3ccc(C(N)=O)c4c3-c3ccccc3C4)[nH]c2C1. The van der Waals surface area contributed by atoms with Crippen LogP contribution in [-0.2, 0) is 19.4 Å². The molecule has 2 aromatic carbocycles. The van der Waals surface area contributed by atoms with Gasteiger partial charge in [0, 0.05) is 30.6 Å². The number of benzene rings is 2. The number of H-pyrrole nitrogens is 1. The van der Waals surface area contributed by atoms with Crippen molar-refractivity contribution in [3.8, 4) is 22.5 Å². The predicted molar refractivity (Wildman–Crippen MR) is 101 cm³/mol. The standard InChI is InChI=1S/C21H20N4O/c1-25-9-8-17-18(11-25)24-21(23-17)15-7-6-14(20(22)26)16-10-12-4-2-3-5-13(12)19(15)16/h2-7H,8-11H2,1H3,(H2,22,26)(H,23,24). The molecule has 26 heavy (non-hydrogen) atoms. The maximum Gasteiger partial charge on any atom is 0.249 e. The van der Waals surface area contributed by atoms with Crippen LogP contribution >= 0.6 is 0 Å². The highest BCUT2D eigenvalue weighted by atomic mass is 16.1. The molecule has 5 nitrogen and oxygen atoms in total. The van der Waals surface area contributed by atoms with Crippen molar-refractivity contribution in [2.24, 2.45) is 5.73 Å². The summed E-state index contributed by atoms with van der Waals surface area (Å²) in [5, 5.41) is 0. The largest absolute Gasteiger partial charge is 0.366 e. The van der Waals surface area contributed by atoms with Gasteiger partial charge in [0.1, 0.15) is 5.82 Å². The van der Waals surface area contributed by atoms with Crippen LogP contribution in [0.2, 0.25) is 0 Å². The van der Waals surface area contributed by atoms with E-state index >= 15 is 0 Å². The zero-order chi connectivity index (χ0) is 17.8. The number of primary amides is 1. The van der Waals surface area contributed by atoms with Crippen molar-refractivity contribution in [1.82, 2.24) is 14.9 Å². The Morgan fingerprint density at radius 2 is 2.04 bits per heavy atom. The summed E-state index contributed by atoms with van der Waals surface area (Å²) in [6.07, 6.45) is 1.70. The summed E-state index contributed by atoms with van der Waals surface area (Å²) in [5.41, 5.74) is 14.1. The lowest BCUT2D eigenvalue weighted by molar-refractivity contribution is 0.0999. The van der Waals surface area contributed by atoms with Gasteiger partial charge in [0.05, 0.1) is 11.4 Å². The molecular weight excluding hydrogens is 324 g/mol. The summed E-state index contributed by atoms with van der Waals surface area (Å²) in [6.45, 7) is 1.92. The molecule has 2 heterocycles. The van der Waals surface area contributed by atoms with Crippen molar-refractivity contribution in [2.45, 2.75) is 19.4 Å². The van der Waals surface area contributed by atoms with Gasteiger partial charge in [-0.2, -0.15) is 0 Å². The summed E-state index contributed by atoms with van der Waals surface area (Å²) < 4.78 is 0. The monoisotopic (exact) mass is 344 g/mol. The number of nitrogens with two attached hydrogens (primary N) is 1. The first-order valence-corrected chi connectivity index (χ1v) is 8.92. The summed E-state index contributed by atoms with van der Waals surface area (Å²) in [6, 6.07) is 12.1. The molecular formula is C21H20N4O. The van der Waals surface area contributed by atoms with E-state index in [1.807, 2.05) is 24.3 Å². The lowest BCUT2D eigenvalue weighted by atomic mass is 9.95. The van der Waals surface area contributed by atoms with E-state index in [4.69, 9.17) is 10.7 Å². The summed E-state index contributed by atoms with van der Waals surface area (Å²) >= 11 is 0. The van der Waals surface area contributed by atoms with Crippen LogP contribution in [0.3, 0.4) is 0 Å². The molecule has 3 N–H and O–H groups in total. The number of carbonyl (C=O) groups excluding carboxylic acids is 1. The summed E-state index contributed by atoms with van der Waals surface area (Å²) in [7, 11) is 2.12. The molecule has 5 heteroatoms. The van der Waals surface area contributed by atoms with Crippen molar-refractivity contribution < 1.29 is 4.79 Å². The molecule has 0 fully saturated rings. The molecule has 5 rings (SSSR count). The number of hydrogen-bond acceptors (Lipinski definition) is 3. The number of fused-ring (bicyclic) bond motifs is 4. The highest BCUT2D eigenvalue weighted by Gasteiger charge is 2.28. The number of hydrogen-bond donors (Lipinski definition) is 2. The number of nitrogens with one attached hydrogen (secondary N) is 1. The second-order valence-corrected chi connectivity index (χ2v) is 7.21. The van der Waals surface area contributed by atoms with Crippen LogP contribution in [0.1, 0.15) is 32.9 Å². The molecule has 0 spiro atoms. The fourth-order valence-electron chi connectivity index (χ4n) is 4.23. The van der Waals surface area contributed by atoms with E-state index in [2.05, 4.69) is 29.1 Å². The second-order valence-electron chi connectivity index (χ2n) is 7.21. The zero-order valence-electron chi connectivity index (χ0n) is 14.7. The Hall–Kier alpha value is -2.92. The van der Waals surface area contributed by atoms with E-state index < -0.39 is 0 Å². The van der Waals surface area contributed by atoms with E-state index in [9.17, 15) is 4.79 Å². The number of amides is 1. The molecule has 1 aromatic heterocycles. The van der Waals surface area contributed by atoms with Gasteiger partial charge in [-0.05, 0) is 47.9 Å². The molecule has 0 saturated carbocycles. The van der Waals surface area contributed by atoms with E-state index in [1.54, 1.807) is 0 Å². The van der Waals surface area contributed by atoms with Crippen LogP contribution in [0.25, 0.3) is 22.5 Å². The van der Waals surface area contributed by atoms with Crippen molar-refractivity contribution in [3.05, 3.63) is 64.5 Å². The Morgan fingerprint density at radius 3 is 2.88 bits per heavy atom. The number of aromatic amines is 1. The Labute approximate surface area is 151 Å². The van der Waals surface area contributed by atoms with Crippen molar-refractivity contribution in [1.29, 1.82) is 0 Å². The number of likely N-dealkylation sites (N-methyl/N-ethyl adjacent to an activating group) is 1. The Balaban J connectivity index is 1.73. The lowest BCUT2D eigenvalue weighted by Crippen LogP contribution is -2.26. The van der Waals surface area contributed by atoms with Gasteiger partial charge in [-0.3, -0.25) is 4.79 Å². The smallest absolute Gasteiger partial charge is 0.249 e. The number of carbonyl (C=O) groups is 1. The Kier molecular flexibility index (Phi) is 3.27. The Morgan fingerprint density at radius 1 is 1.19 bits per heavy atom. The van der Waals surface area contributed by atoms with Crippen molar-refractivity contribution in [3.63, 3.8) is 0 Å². The van der Waals surface area contributed by atoms with E-state index in [0.717, 1.165) is 54.1 Å². The molecule has 0 saturated heterocycles. The van der Waals surface area contributed by atoms with Gasteiger partial charge in [-0.1, -0.05) is 24.3 Å². The average molecular weight is 344 g/mol. The fraction of sp³-hybridized carbons (Fsp3) is 0.238. The van der Waals surface area contributed by atoms with Crippen LogP contribution in [0.15, 0.2) is 36.4 Å². The van der Waals surface area contributed by atoms with Crippen LogP contribution < -0.4 is 5.73 Å². The first kappa shape index (κ1) is 15.3. The van der Waals surface area contributed by atoms with Crippen LogP contribution in [0, 0.1) is 0 Å². The predicted octanol–water partition coefficient (Wildman–Crippen LogP) is 2.73. The number of aromatic nitrogens is 2. The molecule has 3 aromatic rings. The van der Waals surface area contributed by atoms with E-state index in [0.29, 0.717) is 5.56 Å². The average Bonchev–Trinajstić information content (AvgIpc) is 3.21.